The Hall–Kier alpha value is -1.40. The molecular weight excluding hydrogens is 413 g/mol. The smallest absolute Gasteiger partial charge is 0.248 e. The first-order chi connectivity index (χ1) is 11.5. The molecule has 0 saturated heterocycles. The molecule has 0 unspecified atom stereocenters. The third-order valence-corrected chi connectivity index (χ3v) is 5.00. The third kappa shape index (κ3) is 3.98. The first-order valence-corrected chi connectivity index (χ1v) is 8.78. The molecule has 0 N–H and O–H groups in total. The zero-order valence-corrected chi connectivity index (χ0v) is 15.9. The molecular formula is C17H14BrCl2N3O. The van der Waals surface area contributed by atoms with E-state index >= 15 is 0 Å². The highest BCUT2D eigenvalue weighted by molar-refractivity contribution is 9.10. The molecule has 3 aromatic rings. The van der Waals surface area contributed by atoms with Crippen molar-refractivity contribution in [3.8, 4) is 11.5 Å². The summed E-state index contributed by atoms with van der Waals surface area (Å²) in [6, 6.07) is 13.3. The topological polar surface area (TPSA) is 42.2 Å². The van der Waals surface area contributed by atoms with Crippen molar-refractivity contribution in [3.05, 3.63) is 68.4 Å². The number of halogens is 3. The molecule has 0 atom stereocenters. The second kappa shape index (κ2) is 7.66. The quantitative estimate of drug-likeness (QED) is 0.544. The van der Waals surface area contributed by atoms with Crippen molar-refractivity contribution in [1.82, 2.24) is 15.1 Å². The van der Waals surface area contributed by atoms with Crippen LogP contribution in [-0.2, 0) is 13.1 Å². The molecule has 2 aromatic carbocycles. The number of hydrogen-bond donors (Lipinski definition) is 0. The van der Waals surface area contributed by atoms with E-state index in [0.29, 0.717) is 34.9 Å². The van der Waals surface area contributed by atoms with Gasteiger partial charge in [-0.15, -0.1) is 10.2 Å². The molecule has 124 valence electrons. The lowest BCUT2D eigenvalue weighted by Crippen LogP contribution is -2.17. The SMILES string of the molecule is CN(Cc1nnc(-c2ccccc2Br)o1)Cc1cccc(Cl)c1Cl. The second-order valence-electron chi connectivity index (χ2n) is 5.37. The van der Waals surface area contributed by atoms with Crippen molar-refractivity contribution in [1.29, 1.82) is 0 Å². The molecule has 4 nitrogen and oxygen atoms in total. The summed E-state index contributed by atoms with van der Waals surface area (Å²) in [6.07, 6.45) is 0. The summed E-state index contributed by atoms with van der Waals surface area (Å²) in [4.78, 5) is 2.04. The van der Waals surface area contributed by atoms with Crippen LogP contribution in [0.4, 0.5) is 0 Å². The Morgan fingerprint density at radius 1 is 1.04 bits per heavy atom. The Labute approximate surface area is 158 Å². The van der Waals surface area contributed by atoms with Crippen molar-refractivity contribution in [2.24, 2.45) is 0 Å². The van der Waals surface area contributed by atoms with Crippen molar-refractivity contribution in [3.63, 3.8) is 0 Å². The van der Waals surface area contributed by atoms with Gasteiger partial charge in [0.05, 0.1) is 22.2 Å². The molecule has 0 saturated carbocycles. The van der Waals surface area contributed by atoms with E-state index in [1.807, 2.05) is 48.3 Å². The van der Waals surface area contributed by atoms with Crippen LogP contribution in [0.5, 0.6) is 0 Å². The van der Waals surface area contributed by atoms with Gasteiger partial charge in [0.1, 0.15) is 0 Å². The van der Waals surface area contributed by atoms with Crippen molar-refractivity contribution >= 4 is 39.1 Å². The first-order valence-electron chi connectivity index (χ1n) is 7.23. The Balaban J connectivity index is 1.71. The minimum absolute atomic E-state index is 0.492. The summed E-state index contributed by atoms with van der Waals surface area (Å²) in [5.74, 6) is 1.04. The molecule has 0 spiro atoms. The Morgan fingerprint density at radius 2 is 1.83 bits per heavy atom. The van der Waals surface area contributed by atoms with Crippen LogP contribution >= 0.6 is 39.1 Å². The van der Waals surface area contributed by atoms with Gasteiger partial charge in [0.15, 0.2) is 0 Å². The van der Waals surface area contributed by atoms with Crippen LogP contribution in [-0.4, -0.2) is 22.1 Å². The fourth-order valence-electron chi connectivity index (χ4n) is 2.31. The lowest BCUT2D eigenvalue weighted by molar-refractivity contribution is 0.283. The number of hydrogen-bond acceptors (Lipinski definition) is 4. The largest absolute Gasteiger partial charge is 0.419 e. The van der Waals surface area contributed by atoms with Gasteiger partial charge in [-0.25, -0.2) is 0 Å². The van der Waals surface area contributed by atoms with Crippen molar-refractivity contribution in [2.75, 3.05) is 7.05 Å². The van der Waals surface area contributed by atoms with Gasteiger partial charge in [-0.3, -0.25) is 4.90 Å². The van der Waals surface area contributed by atoms with E-state index < -0.39 is 0 Å². The average molecular weight is 427 g/mol. The molecule has 0 radical (unpaired) electrons. The first kappa shape index (κ1) is 17.4. The zero-order chi connectivity index (χ0) is 17.1. The predicted octanol–water partition coefficient (Wildman–Crippen LogP) is 5.44. The molecule has 0 aliphatic carbocycles. The lowest BCUT2D eigenvalue weighted by Gasteiger charge is -2.15. The van der Waals surface area contributed by atoms with Gasteiger partial charge in [-0.2, -0.15) is 0 Å². The van der Waals surface area contributed by atoms with Gasteiger partial charge in [0.2, 0.25) is 11.8 Å². The molecule has 0 aliphatic rings. The number of rotatable bonds is 5. The summed E-state index contributed by atoms with van der Waals surface area (Å²) in [6.45, 7) is 1.15. The molecule has 0 fully saturated rings. The Bertz CT molecular complexity index is 853. The van der Waals surface area contributed by atoms with Crippen LogP contribution < -0.4 is 0 Å². The van der Waals surface area contributed by atoms with Crippen LogP contribution in [0.2, 0.25) is 10.0 Å². The number of aromatic nitrogens is 2. The summed E-state index contributed by atoms with van der Waals surface area (Å²) in [7, 11) is 1.96. The maximum Gasteiger partial charge on any atom is 0.248 e. The highest BCUT2D eigenvalue weighted by Crippen LogP contribution is 2.28. The van der Waals surface area contributed by atoms with Crippen LogP contribution in [0.1, 0.15) is 11.5 Å². The standard InChI is InChI=1S/C17H14BrCl2N3O/c1-23(9-11-5-4-8-14(19)16(11)20)10-15-21-22-17(24-15)12-6-2-3-7-13(12)18/h2-8H,9-10H2,1H3. The second-order valence-corrected chi connectivity index (χ2v) is 7.01. The maximum absolute atomic E-state index is 6.23. The van der Waals surface area contributed by atoms with Crippen LogP contribution in [0.15, 0.2) is 51.4 Å². The van der Waals surface area contributed by atoms with E-state index in [1.165, 1.54) is 0 Å². The number of nitrogens with zero attached hydrogens (tertiary/aromatic N) is 3. The zero-order valence-electron chi connectivity index (χ0n) is 12.8. The highest BCUT2D eigenvalue weighted by atomic mass is 79.9. The Kier molecular flexibility index (Phi) is 5.56. The average Bonchev–Trinajstić information content (AvgIpc) is 3.00. The van der Waals surface area contributed by atoms with Gasteiger partial charge >= 0.3 is 0 Å². The molecule has 3 rings (SSSR count). The van der Waals surface area contributed by atoms with Gasteiger partial charge in [0, 0.05) is 11.0 Å². The maximum atomic E-state index is 6.23. The van der Waals surface area contributed by atoms with Crippen molar-refractivity contribution < 1.29 is 4.42 Å². The molecule has 0 amide bonds. The van der Waals surface area contributed by atoms with Gasteiger partial charge in [-0.05, 0) is 46.7 Å². The van der Waals surface area contributed by atoms with E-state index in [0.717, 1.165) is 15.6 Å². The van der Waals surface area contributed by atoms with Gasteiger partial charge < -0.3 is 4.42 Å². The van der Waals surface area contributed by atoms with E-state index in [2.05, 4.69) is 26.1 Å². The molecule has 0 aliphatic heterocycles. The fourth-order valence-corrected chi connectivity index (χ4v) is 3.14. The molecule has 0 bridgehead atoms. The summed E-state index contributed by atoms with van der Waals surface area (Å²) >= 11 is 15.8. The van der Waals surface area contributed by atoms with E-state index in [9.17, 15) is 0 Å². The summed E-state index contributed by atoms with van der Waals surface area (Å²) in [5.41, 5.74) is 1.83. The van der Waals surface area contributed by atoms with Crippen molar-refractivity contribution in [2.45, 2.75) is 13.1 Å². The van der Waals surface area contributed by atoms with E-state index in [1.54, 1.807) is 6.07 Å². The third-order valence-electron chi connectivity index (χ3n) is 3.45. The monoisotopic (exact) mass is 425 g/mol. The van der Waals surface area contributed by atoms with Crippen LogP contribution in [0.25, 0.3) is 11.5 Å². The van der Waals surface area contributed by atoms with Crippen LogP contribution in [0, 0.1) is 0 Å². The van der Waals surface area contributed by atoms with Crippen LogP contribution in [0.3, 0.4) is 0 Å². The van der Waals surface area contributed by atoms with E-state index in [4.69, 9.17) is 27.6 Å². The minimum Gasteiger partial charge on any atom is -0.419 e. The molecule has 1 heterocycles. The lowest BCUT2D eigenvalue weighted by atomic mass is 10.2. The predicted molar refractivity (Wildman–Crippen MR) is 99.1 cm³/mol. The molecule has 7 heteroatoms. The fraction of sp³-hybridized carbons (Fsp3) is 0.176. The normalized spacial score (nSPS) is 11.2. The van der Waals surface area contributed by atoms with E-state index in [-0.39, 0.29) is 0 Å². The summed E-state index contributed by atoms with van der Waals surface area (Å²) < 4.78 is 6.68. The molecule has 1 aromatic heterocycles. The van der Waals surface area contributed by atoms with Gasteiger partial charge in [0.25, 0.3) is 0 Å². The molecule has 24 heavy (non-hydrogen) atoms. The van der Waals surface area contributed by atoms with Gasteiger partial charge in [-0.1, -0.05) is 47.5 Å². The summed E-state index contributed by atoms with van der Waals surface area (Å²) in [5, 5.41) is 9.36. The Morgan fingerprint density at radius 3 is 2.62 bits per heavy atom. The highest BCUT2D eigenvalue weighted by Gasteiger charge is 2.14. The number of benzene rings is 2. The minimum atomic E-state index is 0.492.